The minimum Gasteiger partial charge on any atom is -0.387 e. The van der Waals surface area contributed by atoms with Crippen LogP contribution < -0.4 is 10.6 Å². The van der Waals surface area contributed by atoms with E-state index in [2.05, 4.69) is 20.6 Å². The van der Waals surface area contributed by atoms with Crippen LogP contribution in [0.25, 0.3) is 11.0 Å². The Labute approximate surface area is 144 Å². The van der Waals surface area contributed by atoms with Crippen LogP contribution in [-0.4, -0.2) is 27.7 Å². The van der Waals surface area contributed by atoms with Gasteiger partial charge in [-0.3, -0.25) is 0 Å². The number of urea groups is 1. The minimum absolute atomic E-state index is 0.0182. The predicted octanol–water partition coefficient (Wildman–Crippen LogP) is 2.80. The van der Waals surface area contributed by atoms with Crippen molar-refractivity contribution in [3.63, 3.8) is 0 Å². The maximum Gasteiger partial charge on any atom is 0.315 e. The number of para-hydroxylation sites is 2. The van der Waals surface area contributed by atoms with Crippen molar-refractivity contribution in [2.24, 2.45) is 0 Å². The molecule has 3 aromatic rings. The highest BCUT2D eigenvalue weighted by molar-refractivity contribution is 5.76. The first-order valence-corrected chi connectivity index (χ1v) is 7.95. The number of aliphatic hydroxyl groups excluding tert-OH is 1. The predicted molar refractivity (Wildman–Crippen MR) is 92.4 cm³/mol. The van der Waals surface area contributed by atoms with E-state index in [-0.39, 0.29) is 18.4 Å². The largest absolute Gasteiger partial charge is 0.387 e. The van der Waals surface area contributed by atoms with Crippen LogP contribution >= 0.6 is 0 Å². The van der Waals surface area contributed by atoms with E-state index >= 15 is 0 Å². The normalized spacial score (nSPS) is 13.4. The van der Waals surface area contributed by atoms with Crippen molar-refractivity contribution in [1.29, 1.82) is 0 Å². The second kappa shape index (κ2) is 7.31. The molecule has 0 fully saturated rings. The van der Waals surface area contributed by atoms with Crippen molar-refractivity contribution in [3.05, 3.63) is 65.7 Å². The van der Waals surface area contributed by atoms with Gasteiger partial charge in [-0.05, 0) is 36.8 Å². The number of H-pyrrole nitrogens is 1. The van der Waals surface area contributed by atoms with E-state index in [9.17, 15) is 14.3 Å². The number of aromatic amines is 1. The highest BCUT2D eigenvalue weighted by Crippen LogP contribution is 2.15. The Hall–Kier alpha value is -2.93. The van der Waals surface area contributed by atoms with Gasteiger partial charge in [-0.15, -0.1) is 0 Å². The van der Waals surface area contributed by atoms with Gasteiger partial charge in [0.2, 0.25) is 0 Å². The fraction of sp³-hybridized carbons (Fsp3) is 0.222. The molecule has 0 aliphatic rings. The lowest BCUT2D eigenvalue weighted by atomic mass is 10.1. The van der Waals surface area contributed by atoms with E-state index in [4.69, 9.17) is 0 Å². The summed E-state index contributed by atoms with van der Waals surface area (Å²) < 4.78 is 12.9. The SMILES string of the molecule is CC(NC(=O)NCC(O)c1ccc(F)cc1)c1nc2ccccc2[nH]1. The lowest BCUT2D eigenvalue weighted by Crippen LogP contribution is -2.39. The molecule has 0 radical (unpaired) electrons. The van der Waals surface area contributed by atoms with Gasteiger partial charge in [0, 0.05) is 6.54 Å². The molecule has 1 heterocycles. The number of nitrogens with one attached hydrogen (secondary N) is 3. The van der Waals surface area contributed by atoms with Crippen molar-refractivity contribution < 1.29 is 14.3 Å². The van der Waals surface area contributed by atoms with Gasteiger partial charge in [0.05, 0.1) is 23.2 Å². The Balaban J connectivity index is 1.53. The van der Waals surface area contributed by atoms with E-state index in [0.717, 1.165) is 11.0 Å². The molecule has 7 heteroatoms. The quantitative estimate of drug-likeness (QED) is 0.575. The van der Waals surface area contributed by atoms with Gasteiger partial charge in [0.1, 0.15) is 11.6 Å². The highest BCUT2D eigenvalue weighted by Gasteiger charge is 2.15. The highest BCUT2D eigenvalue weighted by atomic mass is 19.1. The van der Waals surface area contributed by atoms with Crippen molar-refractivity contribution in [1.82, 2.24) is 20.6 Å². The molecule has 25 heavy (non-hydrogen) atoms. The summed E-state index contributed by atoms with van der Waals surface area (Å²) in [5, 5.41) is 15.4. The number of fused-ring (bicyclic) bond motifs is 1. The van der Waals surface area contributed by atoms with Crippen LogP contribution in [0.15, 0.2) is 48.5 Å². The topological polar surface area (TPSA) is 90.0 Å². The number of hydrogen-bond acceptors (Lipinski definition) is 3. The number of carbonyl (C=O) groups is 1. The van der Waals surface area contributed by atoms with Gasteiger partial charge in [-0.1, -0.05) is 24.3 Å². The maximum absolute atomic E-state index is 12.9. The molecular formula is C18H19FN4O2. The van der Waals surface area contributed by atoms with E-state index in [1.54, 1.807) is 0 Å². The zero-order chi connectivity index (χ0) is 17.8. The van der Waals surface area contributed by atoms with E-state index in [0.29, 0.717) is 11.4 Å². The van der Waals surface area contributed by atoms with Gasteiger partial charge in [0.25, 0.3) is 0 Å². The molecule has 2 atom stereocenters. The third-order valence-electron chi connectivity index (χ3n) is 3.88. The van der Waals surface area contributed by atoms with Crippen LogP contribution in [0.4, 0.5) is 9.18 Å². The van der Waals surface area contributed by atoms with Crippen molar-refractivity contribution in [2.75, 3.05) is 6.54 Å². The third kappa shape index (κ3) is 4.13. The lowest BCUT2D eigenvalue weighted by molar-refractivity contribution is 0.172. The summed E-state index contributed by atoms with van der Waals surface area (Å²) in [5.41, 5.74) is 2.27. The summed E-state index contributed by atoms with van der Waals surface area (Å²) >= 11 is 0. The summed E-state index contributed by atoms with van der Waals surface area (Å²) in [4.78, 5) is 19.6. The molecule has 130 valence electrons. The van der Waals surface area contributed by atoms with Gasteiger partial charge >= 0.3 is 6.03 Å². The lowest BCUT2D eigenvalue weighted by Gasteiger charge is -2.15. The summed E-state index contributed by atoms with van der Waals surface area (Å²) in [6, 6.07) is 12.4. The average Bonchev–Trinajstić information content (AvgIpc) is 3.04. The van der Waals surface area contributed by atoms with Gasteiger partial charge < -0.3 is 20.7 Å². The van der Waals surface area contributed by atoms with Crippen LogP contribution in [-0.2, 0) is 0 Å². The number of benzene rings is 2. The standard InChI is InChI=1S/C18H19FN4O2/c1-11(17-22-14-4-2-3-5-15(14)23-17)21-18(25)20-10-16(24)12-6-8-13(19)9-7-12/h2-9,11,16,24H,10H2,1H3,(H,22,23)(H2,20,21,25). The molecule has 0 aliphatic carbocycles. The van der Waals surface area contributed by atoms with Gasteiger partial charge in [-0.2, -0.15) is 0 Å². The zero-order valence-corrected chi connectivity index (χ0v) is 13.7. The molecule has 2 amide bonds. The Bertz CT molecular complexity index is 830. The molecule has 2 aromatic carbocycles. The van der Waals surface area contributed by atoms with Gasteiger partial charge in [0.15, 0.2) is 0 Å². The summed E-state index contributed by atoms with van der Waals surface area (Å²) in [6.45, 7) is 1.83. The van der Waals surface area contributed by atoms with Crippen molar-refractivity contribution in [2.45, 2.75) is 19.1 Å². The number of amides is 2. The molecule has 0 aliphatic heterocycles. The number of imidazole rings is 1. The minimum atomic E-state index is -0.909. The first kappa shape index (κ1) is 16.9. The Morgan fingerprint density at radius 3 is 2.68 bits per heavy atom. The average molecular weight is 342 g/mol. The van der Waals surface area contributed by atoms with Crippen LogP contribution in [0.5, 0.6) is 0 Å². The zero-order valence-electron chi connectivity index (χ0n) is 13.7. The summed E-state index contributed by atoms with van der Waals surface area (Å²) in [6.07, 6.45) is -0.909. The summed E-state index contributed by atoms with van der Waals surface area (Å²) in [5.74, 6) is 0.275. The number of nitrogens with zero attached hydrogens (tertiary/aromatic N) is 1. The third-order valence-corrected chi connectivity index (χ3v) is 3.88. The Kier molecular flexibility index (Phi) is 4.95. The van der Waals surface area contributed by atoms with Crippen LogP contribution in [0.3, 0.4) is 0 Å². The smallest absolute Gasteiger partial charge is 0.315 e. The molecule has 0 spiro atoms. The van der Waals surface area contributed by atoms with Crippen LogP contribution in [0.1, 0.15) is 30.5 Å². The molecule has 0 saturated heterocycles. The molecule has 1 aromatic heterocycles. The summed E-state index contributed by atoms with van der Waals surface area (Å²) in [7, 11) is 0. The van der Waals surface area contributed by atoms with Crippen molar-refractivity contribution >= 4 is 17.1 Å². The maximum atomic E-state index is 12.9. The Morgan fingerprint density at radius 1 is 1.24 bits per heavy atom. The molecule has 3 rings (SSSR count). The first-order valence-electron chi connectivity index (χ1n) is 7.95. The first-order chi connectivity index (χ1) is 12.0. The molecular weight excluding hydrogens is 323 g/mol. The molecule has 0 bridgehead atoms. The number of carbonyl (C=O) groups excluding carboxylic acids is 1. The monoisotopic (exact) mass is 342 g/mol. The fourth-order valence-corrected chi connectivity index (χ4v) is 2.49. The van der Waals surface area contributed by atoms with Crippen LogP contribution in [0, 0.1) is 5.82 Å². The number of aromatic nitrogens is 2. The van der Waals surface area contributed by atoms with Gasteiger partial charge in [-0.25, -0.2) is 14.2 Å². The second-order valence-electron chi connectivity index (χ2n) is 5.78. The number of rotatable bonds is 5. The number of halogens is 1. The van der Waals surface area contributed by atoms with E-state index < -0.39 is 12.1 Å². The van der Waals surface area contributed by atoms with E-state index in [1.807, 2.05) is 31.2 Å². The molecule has 6 nitrogen and oxygen atoms in total. The molecule has 0 saturated carbocycles. The molecule has 4 N–H and O–H groups in total. The number of hydrogen-bond donors (Lipinski definition) is 4. The van der Waals surface area contributed by atoms with E-state index in [1.165, 1.54) is 24.3 Å². The Morgan fingerprint density at radius 2 is 1.96 bits per heavy atom. The number of aliphatic hydroxyl groups is 1. The van der Waals surface area contributed by atoms with Crippen molar-refractivity contribution in [3.8, 4) is 0 Å². The second-order valence-corrected chi connectivity index (χ2v) is 5.78. The fourth-order valence-electron chi connectivity index (χ4n) is 2.49. The van der Waals surface area contributed by atoms with Crippen LogP contribution in [0.2, 0.25) is 0 Å². The molecule has 2 unspecified atom stereocenters.